The molecule has 1 aromatic carbocycles. The summed E-state index contributed by atoms with van der Waals surface area (Å²) < 4.78 is 22.3. The third-order valence-electron chi connectivity index (χ3n) is 1.93. The highest BCUT2D eigenvalue weighted by atomic mass is 31.2. The fourth-order valence-corrected chi connectivity index (χ4v) is 1.57. The van der Waals surface area contributed by atoms with Gasteiger partial charge in [0, 0.05) is 0 Å². The van der Waals surface area contributed by atoms with Gasteiger partial charge in [-0.2, -0.15) is 0 Å². The number of aliphatic hydroxyl groups excluding tert-OH is 1. The van der Waals surface area contributed by atoms with Crippen molar-refractivity contribution >= 4 is 16.5 Å². The minimum absolute atomic E-state index is 0.140. The third-order valence-corrected chi connectivity index (χ3v) is 3.33. The predicted octanol–water partition coefficient (Wildman–Crippen LogP) is 1.56. The third kappa shape index (κ3) is 8.27. The zero-order chi connectivity index (χ0) is 13.4. The molecule has 2 unspecified atom stereocenters. The molecule has 0 saturated carbocycles. The van der Waals surface area contributed by atoms with Crippen LogP contribution in [0.25, 0.3) is 0 Å². The molecule has 0 fully saturated rings. The second-order valence-corrected chi connectivity index (χ2v) is 5.09. The molecule has 0 spiro atoms. The number of hydrogen-bond donors (Lipinski definition) is 3. The van der Waals surface area contributed by atoms with Crippen LogP contribution in [0.5, 0.6) is 0 Å². The van der Waals surface area contributed by atoms with Gasteiger partial charge in [0.25, 0.3) is 0 Å². The highest BCUT2D eigenvalue weighted by Gasteiger charge is 1.93. The lowest BCUT2D eigenvalue weighted by molar-refractivity contribution is 0.281. The molecule has 0 aliphatic heterocycles. The molecule has 0 aliphatic rings. The highest BCUT2D eigenvalue weighted by molar-refractivity contribution is 7.46. The molecule has 0 bridgehead atoms. The van der Waals surface area contributed by atoms with E-state index in [1.54, 1.807) is 0 Å². The standard InChI is InChI=1S/C9H12O.H4O5P2/c1-7-3-4-9(6-10)5-8(7)2;1-6(2)5-7(3)4/h3-5,10H,6H2,1-2H3;6-7H,(H,1,2)(H,3,4). The van der Waals surface area contributed by atoms with Gasteiger partial charge in [-0.25, -0.2) is 4.31 Å². The zero-order valence-electron chi connectivity index (χ0n) is 9.51. The van der Waals surface area contributed by atoms with Crippen LogP contribution < -0.4 is 0 Å². The molecule has 1 rings (SSSR count). The summed E-state index contributed by atoms with van der Waals surface area (Å²) in [7, 11) is -6.40. The maximum atomic E-state index is 9.44. The smallest absolute Gasteiger partial charge is 0.323 e. The summed E-state index contributed by atoms with van der Waals surface area (Å²) in [5.74, 6) is 0. The number of benzene rings is 1. The molecule has 6 nitrogen and oxygen atoms in total. The van der Waals surface area contributed by atoms with Crippen molar-refractivity contribution < 1.29 is 28.3 Å². The van der Waals surface area contributed by atoms with Crippen LogP contribution in [0.1, 0.15) is 16.7 Å². The van der Waals surface area contributed by atoms with Crippen LogP contribution in [-0.4, -0.2) is 14.9 Å². The minimum Gasteiger partial charge on any atom is -0.392 e. The van der Waals surface area contributed by atoms with Gasteiger partial charge in [-0.15, -0.1) is 0 Å². The predicted molar refractivity (Wildman–Crippen MR) is 65.4 cm³/mol. The first-order chi connectivity index (χ1) is 7.86. The monoisotopic (exact) mass is 282 g/mol. The van der Waals surface area contributed by atoms with Gasteiger partial charge in [-0.1, -0.05) is 18.2 Å². The summed E-state index contributed by atoms with van der Waals surface area (Å²) in [6.07, 6.45) is 0. The number of rotatable bonds is 3. The first-order valence-corrected chi connectivity index (χ1v) is 7.20. The molecule has 0 radical (unpaired) electrons. The van der Waals surface area contributed by atoms with Crippen molar-refractivity contribution in [3.05, 3.63) is 34.9 Å². The van der Waals surface area contributed by atoms with Crippen molar-refractivity contribution in [3.8, 4) is 0 Å². The molecule has 0 heterocycles. The largest absolute Gasteiger partial charge is 0.392 e. The Hall–Kier alpha value is -0.480. The lowest BCUT2D eigenvalue weighted by Gasteiger charge is -2.00. The van der Waals surface area contributed by atoms with Crippen LogP contribution in [0.3, 0.4) is 0 Å². The molecule has 0 aromatic heterocycles. The van der Waals surface area contributed by atoms with Gasteiger partial charge >= 0.3 is 16.5 Å². The van der Waals surface area contributed by atoms with E-state index in [-0.39, 0.29) is 6.61 Å². The minimum atomic E-state index is -3.20. The maximum absolute atomic E-state index is 9.44. The molecule has 8 heteroatoms. The van der Waals surface area contributed by atoms with E-state index in [0.717, 1.165) is 5.56 Å². The van der Waals surface area contributed by atoms with E-state index in [4.69, 9.17) is 14.9 Å². The van der Waals surface area contributed by atoms with Crippen LogP contribution in [0, 0.1) is 13.8 Å². The summed E-state index contributed by atoms with van der Waals surface area (Å²) in [6, 6.07) is 5.98. The summed E-state index contributed by atoms with van der Waals surface area (Å²) >= 11 is 0. The molecule has 1 aromatic rings. The van der Waals surface area contributed by atoms with E-state index >= 15 is 0 Å². The molecule has 0 saturated heterocycles. The Morgan fingerprint density at radius 2 is 1.65 bits per heavy atom. The van der Waals surface area contributed by atoms with Crippen molar-refractivity contribution in [2.24, 2.45) is 0 Å². The van der Waals surface area contributed by atoms with Gasteiger partial charge in [-0.3, -0.25) is 9.13 Å². The highest BCUT2D eigenvalue weighted by Crippen LogP contribution is 2.30. The van der Waals surface area contributed by atoms with Crippen molar-refractivity contribution in [1.82, 2.24) is 0 Å². The van der Waals surface area contributed by atoms with E-state index in [0.29, 0.717) is 0 Å². The Kier molecular flexibility index (Phi) is 8.35. The molecule has 3 N–H and O–H groups in total. The number of aliphatic hydroxyl groups is 1. The molecule has 2 atom stereocenters. The Bertz CT molecular complexity index is 394. The maximum Gasteiger partial charge on any atom is 0.323 e. The summed E-state index contributed by atoms with van der Waals surface area (Å²) in [6.45, 7) is 4.26. The van der Waals surface area contributed by atoms with Gasteiger partial charge in [0.15, 0.2) is 0 Å². The lowest BCUT2D eigenvalue weighted by atomic mass is 10.1. The molecule has 0 amide bonds. The van der Waals surface area contributed by atoms with Crippen molar-refractivity contribution in [1.29, 1.82) is 0 Å². The first-order valence-electron chi connectivity index (χ1n) is 4.67. The van der Waals surface area contributed by atoms with Crippen LogP contribution in [0.15, 0.2) is 18.2 Å². The second kappa shape index (κ2) is 8.59. The molecule has 17 heavy (non-hydrogen) atoms. The second-order valence-electron chi connectivity index (χ2n) is 3.21. The summed E-state index contributed by atoms with van der Waals surface area (Å²) in [4.78, 5) is 15.4. The zero-order valence-corrected chi connectivity index (χ0v) is 11.5. The quantitative estimate of drug-likeness (QED) is 0.727. The fraction of sp³-hybridized carbons (Fsp3) is 0.333. The van der Waals surface area contributed by atoms with E-state index in [2.05, 4.69) is 18.2 Å². The van der Waals surface area contributed by atoms with Crippen LogP contribution in [-0.2, 0) is 20.0 Å². The van der Waals surface area contributed by atoms with Crippen molar-refractivity contribution in [2.75, 3.05) is 0 Å². The lowest BCUT2D eigenvalue weighted by Crippen LogP contribution is -1.86. The molecule has 0 aliphatic carbocycles. The summed E-state index contributed by atoms with van der Waals surface area (Å²) in [5, 5.41) is 8.75. The van der Waals surface area contributed by atoms with Crippen molar-refractivity contribution in [2.45, 2.75) is 20.5 Å². The van der Waals surface area contributed by atoms with E-state index in [1.807, 2.05) is 18.2 Å². The molecular weight excluding hydrogens is 266 g/mol. The fourth-order valence-electron chi connectivity index (χ4n) is 0.977. The Morgan fingerprint density at radius 3 is 1.94 bits per heavy atom. The number of hydrogen-bond acceptors (Lipinski definition) is 4. The Balaban J connectivity index is 0.000000325. The SMILES string of the molecule is Cc1ccc(CO)cc1C.O=[PH](O)O[PH](=O)O. The van der Waals surface area contributed by atoms with Gasteiger partial charge < -0.3 is 14.9 Å². The normalized spacial score (nSPS) is 13.5. The van der Waals surface area contributed by atoms with Crippen molar-refractivity contribution in [3.63, 3.8) is 0 Å². The number of aryl methyl sites for hydroxylation is 2. The van der Waals surface area contributed by atoms with Gasteiger partial charge in [-0.05, 0) is 30.5 Å². The molecular formula is C9H16O6P2. The average Bonchev–Trinajstić information content (AvgIpc) is 2.21. The van der Waals surface area contributed by atoms with Gasteiger partial charge in [0.05, 0.1) is 6.61 Å². The average molecular weight is 282 g/mol. The van der Waals surface area contributed by atoms with Gasteiger partial charge in [0.1, 0.15) is 0 Å². The van der Waals surface area contributed by atoms with E-state index in [1.165, 1.54) is 11.1 Å². The Labute approximate surface area is 101 Å². The molecule has 98 valence electrons. The van der Waals surface area contributed by atoms with Crippen LogP contribution in [0.4, 0.5) is 0 Å². The van der Waals surface area contributed by atoms with Gasteiger partial charge in [0.2, 0.25) is 0 Å². The van der Waals surface area contributed by atoms with E-state index < -0.39 is 16.5 Å². The van der Waals surface area contributed by atoms with Crippen LogP contribution in [0.2, 0.25) is 0 Å². The van der Waals surface area contributed by atoms with Crippen LogP contribution >= 0.6 is 16.5 Å². The Morgan fingerprint density at radius 1 is 1.12 bits per heavy atom. The summed E-state index contributed by atoms with van der Waals surface area (Å²) in [5.41, 5.74) is 3.51. The topological polar surface area (TPSA) is 104 Å². The first kappa shape index (κ1) is 16.5. The van der Waals surface area contributed by atoms with E-state index in [9.17, 15) is 9.13 Å².